The van der Waals surface area contributed by atoms with Crippen LogP contribution in [0.2, 0.25) is 0 Å². The molecule has 0 aliphatic carbocycles. The number of anilines is 2. The second-order valence-corrected chi connectivity index (χ2v) is 7.32. The van der Waals surface area contributed by atoms with E-state index in [0.717, 1.165) is 25.3 Å². The molecular formula is C23H24N4O2. The number of para-hydroxylation sites is 3. The predicted molar refractivity (Wildman–Crippen MR) is 114 cm³/mol. The van der Waals surface area contributed by atoms with E-state index < -0.39 is 0 Å². The van der Waals surface area contributed by atoms with E-state index >= 15 is 0 Å². The van der Waals surface area contributed by atoms with E-state index in [9.17, 15) is 4.79 Å². The summed E-state index contributed by atoms with van der Waals surface area (Å²) in [5, 5.41) is 2.91. The van der Waals surface area contributed by atoms with Crippen LogP contribution in [0.4, 0.5) is 11.5 Å². The van der Waals surface area contributed by atoms with Crippen molar-refractivity contribution in [3.63, 3.8) is 0 Å². The number of ether oxygens (including phenoxy) is 1. The highest BCUT2D eigenvalue weighted by atomic mass is 16.5. The summed E-state index contributed by atoms with van der Waals surface area (Å²) >= 11 is 0. The van der Waals surface area contributed by atoms with E-state index in [4.69, 9.17) is 4.74 Å². The lowest BCUT2D eigenvalue weighted by Crippen LogP contribution is -2.35. The van der Waals surface area contributed by atoms with Crippen LogP contribution >= 0.6 is 0 Å². The molecule has 2 aromatic carbocycles. The standard InChI is InChI=1S/C23H24N4O2/c1-17-8-7-13-27(15-17)22-14-20(24-16-25-22)23(28)26-19-11-5-6-12-21(19)29-18-9-3-2-4-10-18/h2-6,9-12,14,16-17H,7-8,13,15H2,1H3,(H,26,28). The highest BCUT2D eigenvalue weighted by molar-refractivity contribution is 6.04. The maximum absolute atomic E-state index is 12.8. The molecule has 3 aromatic rings. The van der Waals surface area contributed by atoms with Crippen LogP contribution in [0.3, 0.4) is 0 Å². The molecule has 2 heterocycles. The number of nitrogens with zero attached hydrogens (tertiary/aromatic N) is 3. The van der Waals surface area contributed by atoms with Crippen molar-refractivity contribution < 1.29 is 9.53 Å². The minimum absolute atomic E-state index is 0.289. The maximum atomic E-state index is 12.8. The van der Waals surface area contributed by atoms with E-state index in [-0.39, 0.29) is 5.91 Å². The van der Waals surface area contributed by atoms with Gasteiger partial charge in [0.05, 0.1) is 5.69 Å². The van der Waals surface area contributed by atoms with Gasteiger partial charge in [0.25, 0.3) is 5.91 Å². The Balaban J connectivity index is 1.51. The Hall–Kier alpha value is -3.41. The summed E-state index contributed by atoms with van der Waals surface area (Å²) in [4.78, 5) is 23.6. The van der Waals surface area contributed by atoms with E-state index in [2.05, 4.69) is 27.1 Å². The smallest absolute Gasteiger partial charge is 0.274 e. The summed E-state index contributed by atoms with van der Waals surface area (Å²) < 4.78 is 5.92. The van der Waals surface area contributed by atoms with Crippen molar-refractivity contribution in [1.82, 2.24) is 9.97 Å². The monoisotopic (exact) mass is 388 g/mol. The number of carbonyl (C=O) groups is 1. The average Bonchev–Trinajstić information content (AvgIpc) is 2.76. The second kappa shape index (κ2) is 8.73. The number of piperidine rings is 1. The molecule has 0 saturated carbocycles. The number of rotatable bonds is 5. The van der Waals surface area contributed by atoms with Gasteiger partial charge in [-0.2, -0.15) is 0 Å². The van der Waals surface area contributed by atoms with Crippen molar-refractivity contribution in [3.8, 4) is 11.5 Å². The molecule has 1 aromatic heterocycles. The molecule has 1 atom stereocenters. The molecule has 1 fully saturated rings. The third-order valence-electron chi connectivity index (χ3n) is 4.97. The van der Waals surface area contributed by atoms with Gasteiger partial charge in [0.1, 0.15) is 23.6 Å². The van der Waals surface area contributed by atoms with E-state index in [1.165, 1.54) is 12.7 Å². The van der Waals surface area contributed by atoms with Crippen molar-refractivity contribution in [1.29, 1.82) is 0 Å². The first-order chi connectivity index (χ1) is 14.2. The van der Waals surface area contributed by atoms with Crippen molar-refractivity contribution >= 4 is 17.4 Å². The number of hydrogen-bond donors (Lipinski definition) is 1. The van der Waals surface area contributed by atoms with Crippen LogP contribution in [0.25, 0.3) is 0 Å². The first kappa shape index (κ1) is 18.9. The Morgan fingerprint density at radius 3 is 2.72 bits per heavy atom. The first-order valence-corrected chi connectivity index (χ1v) is 9.89. The Labute approximate surface area is 170 Å². The van der Waals surface area contributed by atoms with Crippen LogP contribution in [-0.4, -0.2) is 29.0 Å². The van der Waals surface area contributed by atoms with Crippen LogP contribution in [0.1, 0.15) is 30.3 Å². The summed E-state index contributed by atoms with van der Waals surface area (Å²) in [7, 11) is 0. The molecule has 29 heavy (non-hydrogen) atoms. The molecule has 6 heteroatoms. The Morgan fingerprint density at radius 1 is 1.10 bits per heavy atom. The Kier molecular flexibility index (Phi) is 5.70. The van der Waals surface area contributed by atoms with Gasteiger partial charge in [-0.05, 0) is 43.0 Å². The van der Waals surface area contributed by atoms with Crippen LogP contribution in [0, 0.1) is 5.92 Å². The SMILES string of the molecule is CC1CCCN(c2cc(C(=O)Nc3ccccc3Oc3ccccc3)ncn2)C1. The van der Waals surface area contributed by atoms with Gasteiger partial charge >= 0.3 is 0 Å². The van der Waals surface area contributed by atoms with Crippen LogP contribution in [-0.2, 0) is 0 Å². The molecular weight excluding hydrogens is 364 g/mol. The minimum Gasteiger partial charge on any atom is -0.455 e. The average molecular weight is 388 g/mol. The number of aromatic nitrogens is 2. The van der Waals surface area contributed by atoms with Gasteiger partial charge in [0, 0.05) is 19.2 Å². The van der Waals surface area contributed by atoms with Gasteiger partial charge < -0.3 is 15.0 Å². The van der Waals surface area contributed by atoms with Gasteiger partial charge in [0.15, 0.2) is 5.75 Å². The highest BCUT2D eigenvalue weighted by Gasteiger charge is 2.19. The first-order valence-electron chi connectivity index (χ1n) is 9.89. The number of carbonyl (C=O) groups excluding carboxylic acids is 1. The number of hydrogen-bond acceptors (Lipinski definition) is 5. The molecule has 1 N–H and O–H groups in total. The predicted octanol–water partition coefficient (Wildman–Crippen LogP) is 4.76. The summed E-state index contributed by atoms with van der Waals surface area (Å²) in [6, 6.07) is 18.6. The molecule has 1 aliphatic heterocycles. The molecule has 4 rings (SSSR count). The molecule has 1 saturated heterocycles. The largest absolute Gasteiger partial charge is 0.455 e. The van der Waals surface area contributed by atoms with Gasteiger partial charge in [-0.1, -0.05) is 37.3 Å². The van der Waals surface area contributed by atoms with Gasteiger partial charge in [-0.25, -0.2) is 9.97 Å². The molecule has 1 unspecified atom stereocenters. The topological polar surface area (TPSA) is 67.4 Å². The Bertz CT molecular complexity index is 977. The van der Waals surface area contributed by atoms with Gasteiger partial charge in [-0.15, -0.1) is 0 Å². The number of amides is 1. The zero-order chi connectivity index (χ0) is 20.1. The molecule has 0 bridgehead atoms. The summed E-state index contributed by atoms with van der Waals surface area (Å²) in [6.07, 6.45) is 3.82. The molecule has 1 amide bonds. The molecule has 1 aliphatic rings. The lowest BCUT2D eigenvalue weighted by Gasteiger charge is -2.31. The maximum Gasteiger partial charge on any atom is 0.274 e. The highest BCUT2D eigenvalue weighted by Crippen LogP contribution is 2.29. The Morgan fingerprint density at radius 2 is 1.90 bits per heavy atom. The summed E-state index contributed by atoms with van der Waals surface area (Å²) in [6.45, 7) is 4.15. The van der Waals surface area contributed by atoms with Crippen LogP contribution in [0.5, 0.6) is 11.5 Å². The second-order valence-electron chi connectivity index (χ2n) is 7.32. The van der Waals surface area contributed by atoms with Gasteiger partial charge in [0.2, 0.25) is 0 Å². The molecule has 6 nitrogen and oxygen atoms in total. The lowest BCUT2D eigenvalue weighted by atomic mass is 10.0. The minimum atomic E-state index is -0.289. The number of nitrogens with one attached hydrogen (secondary N) is 1. The summed E-state index contributed by atoms with van der Waals surface area (Å²) in [5.41, 5.74) is 0.927. The molecule has 0 spiro atoms. The molecule has 0 radical (unpaired) electrons. The molecule has 148 valence electrons. The van der Waals surface area contributed by atoms with Crippen molar-refractivity contribution in [2.45, 2.75) is 19.8 Å². The van der Waals surface area contributed by atoms with Crippen LogP contribution in [0.15, 0.2) is 67.0 Å². The van der Waals surface area contributed by atoms with Crippen LogP contribution < -0.4 is 15.0 Å². The quantitative estimate of drug-likeness (QED) is 0.683. The van der Waals surface area contributed by atoms with Crippen molar-refractivity contribution in [3.05, 3.63) is 72.7 Å². The normalized spacial score (nSPS) is 16.3. The van der Waals surface area contributed by atoms with Crippen molar-refractivity contribution in [2.24, 2.45) is 5.92 Å². The third kappa shape index (κ3) is 4.71. The fourth-order valence-corrected chi connectivity index (χ4v) is 3.50. The van der Waals surface area contributed by atoms with Crippen molar-refractivity contribution in [2.75, 3.05) is 23.3 Å². The van der Waals surface area contributed by atoms with Gasteiger partial charge in [-0.3, -0.25) is 4.79 Å². The third-order valence-corrected chi connectivity index (χ3v) is 4.97. The van der Waals surface area contributed by atoms with E-state index in [0.29, 0.717) is 28.8 Å². The lowest BCUT2D eigenvalue weighted by molar-refractivity contribution is 0.102. The van der Waals surface area contributed by atoms with E-state index in [1.807, 2.05) is 54.6 Å². The van der Waals surface area contributed by atoms with E-state index in [1.54, 1.807) is 6.07 Å². The number of benzene rings is 2. The zero-order valence-electron chi connectivity index (χ0n) is 16.4. The fourth-order valence-electron chi connectivity index (χ4n) is 3.50. The zero-order valence-corrected chi connectivity index (χ0v) is 16.4. The summed E-state index contributed by atoms with van der Waals surface area (Å²) in [5.74, 6) is 2.41. The fraction of sp³-hybridized carbons (Fsp3) is 0.261.